The number of pyridine rings is 1. The van der Waals surface area contributed by atoms with Crippen LogP contribution in [0.1, 0.15) is 58.5 Å². The molecular formula is C23H22F4N4O3S. The van der Waals surface area contributed by atoms with Crippen molar-refractivity contribution in [2.45, 2.75) is 49.6 Å². The molecule has 0 radical (unpaired) electrons. The van der Waals surface area contributed by atoms with Crippen LogP contribution >= 0.6 is 0 Å². The van der Waals surface area contributed by atoms with E-state index in [9.17, 15) is 26.4 Å². The highest BCUT2D eigenvalue weighted by Crippen LogP contribution is 2.34. The second-order valence-corrected chi connectivity index (χ2v) is 10.9. The fraction of sp³-hybridized carbons (Fsp3) is 0.348. The first kappa shape index (κ1) is 24.8. The summed E-state index contributed by atoms with van der Waals surface area (Å²) < 4.78 is 78.2. The van der Waals surface area contributed by atoms with Gasteiger partial charge in [-0.1, -0.05) is 18.2 Å². The first-order valence-electron chi connectivity index (χ1n) is 10.8. The number of fused-ring (bicyclic) bond motifs is 1. The molecule has 1 aromatic carbocycles. The molecule has 35 heavy (non-hydrogen) atoms. The summed E-state index contributed by atoms with van der Waals surface area (Å²) in [7, 11) is -3.67. The van der Waals surface area contributed by atoms with Gasteiger partial charge in [0.25, 0.3) is 5.91 Å². The van der Waals surface area contributed by atoms with Crippen molar-refractivity contribution in [1.29, 1.82) is 0 Å². The second-order valence-electron chi connectivity index (χ2n) is 8.48. The number of carbonyl (C=O) groups is 1. The third kappa shape index (κ3) is 4.79. The maximum Gasteiger partial charge on any atom is 0.417 e. The summed E-state index contributed by atoms with van der Waals surface area (Å²) in [6.07, 6.45) is -4.13. The Balaban J connectivity index is 1.54. The van der Waals surface area contributed by atoms with Crippen LogP contribution in [0.15, 0.2) is 47.9 Å². The standard InChI is InChI=1S/C23H22F4N4O3S/c1-13(2)35(33,34)22-29-11-19(30-22)21(32)31-9-8-16-14(12-31)4-3-5-17(16)20(24)18-7-6-15(10-28-18)23(25,26)27/h3-7,10-11,13,20H,8-9,12H2,1-2H3,(H,29,30). The fourth-order valence-corrected chi connectivity index (χ4v) is 4.77. The van der Waals surface area contributed by atoms with Crippen molar-refractivity contribution in [1.82, 2.24) is 19.9 Å². The third-order valence-corrected chi connectivity index (χ3v) is 7.89. The Bertz CT molecular complexity index is 1350. The van der Waals surface area contributed by atoms with Crippen molar-refractivity contribution in [2.24, 2.45) is 0 Å². The van der Waals surface area contributed by atoms with Gasteiger partial charge in [-0.25, -0.2) is 17.8 Å². The van der Waals surface area contributed by atoms with Gasteiger partial charge in [0.2, 0.25) is 15.0 Å². The Hall–Kier alpha value is -3.28. The van der Waals surface area contributed by atoms with E-state index in [1.807, 2.05) is 0 Å². The summed E-state index contributed by atoms with van der Waals surface area (Å²) in [4.78, 5) is 24.6. The number of nitrogens with zero attached hydrogens (tertiary/aromatic N) is 3. The topological polar surface area (TPSA) is 96.0 Å². The predicted molar refractivity (Wildman–Crippen MR) is 118 cm³/mol. The molecule has 1 N–H and O–H groups in total. The molecule has 2 aromatic heterocycles. The molecule has 12 heteroatoms. The molecule has 0 aliphatic carbocycles. The predicted octanol–water partition coefficient (Wildman–Crippen LogP) is 4.26. The highest BCUT2D eigenvalue weighted by molar-refractivity contribution is 7.91. The van der Waals surface area contributed by atoms with Crippen LogP contribution < -0.4 is 0 Å². The Morgan fingerprint density at radius 1 is 1.17 bits per heavy atom. The summed E-state index contributed by atoms with van der Waals surface area (Å²) >= 11 is 0. The zero-order chi connectivity index (χ0) is 25.5. The molecule has 0 saturated carbocycles. The van der Waals surface area contributed by atoms with Crippen molar-refractivity contribution in [3.8, 4) is 0 Å². The van der Waals surface area contributed by atoms with Gasteiger partial charge in [-0.05, 0) is 49.1 Å². The lowest BCUT2D eigenvalue weighted by molar-refractivity contribution is -0.137. The maximum absolute atomic E-state index is 15.3. The van der Waals surface area contributed by atoms with Gasteiger partial charge in [0.1, 0.15) is 5.69 Å². The average Bonchev–Trinajstić information content (AvgIpc) is 3.33. The molecule has 0 saturated heterocycles. The molecule has 1 aliphatic rings. The summed E-state index contributed by atoms with van der Waals surface area (Å²) in [5.41, 5.74) is 0.492. The lowest BCUT2D eigenvalue weighted by atomic mass is 9.91. The van der Waals surface area contributed by atoms with Crippen molar-refractivity contribution in [2.75, 3.05) is 6.54 Å². The first-order valence-corrected chi connectivity index (χ1v) is 12.3. The van der Waals surface area contributed by atoms with Crippen LogP contribution in [0.5, 0.6) is 0 Å². The molecule has 1 aliphatic heterocycles. The lowest BCUT2D eigenvalue weighted by Crippen LogP contribution is -2.36. The number of hydrogen-bond donors (Lipinski definition) is 1. The number of aromatic nitrogens is 3. The number of hydrogen-bond acceptors (Lipinski definition) is 5. The minimum atomic E-state index is -4.56. The molecule has 1 unspecified atom stereocenters. The Kier molecular flexibility index (Phi) is 6.43. The highest BCUT2D eigenvalue weighted by atomic mass is 32.2. The number of benzene rings is 1. The molecule has 1 atom stereocenters. The Morgan fingerprint density at radius 3 is 2.54 bits per heavy atom. The summed E-state index contributed by atoms with van der Waals surface area (Å²) in [6, 6.07) is 6.72. The number of aromatic amines is 1. The van der Waals surface area contributed by atoms with E-state index in [1.165, 1.54) is 24.9 Å². The zero-order valence-electron chi connectivity index (χ0n) is 18.8. The molecule has 3 aromatic rings. The normalized spacial score (nSPS) is 15.2. The quantitative estimate of drug-likeness (QED) is 0.518. The smallest absolute Gasteiger partial charge is 0.335 e. The lowest BCUT2D eigenvalue weighted by Gasteiger charge is -2.30. The van der Waals surface area contributed by atoms with Crippen LogP contribution in [0.25, 0.3) is 0 Å². The molecule has 1 amide bonds. The summed E-state index contributed by atoms with van der Waals surface area (Å²) in [6.45, 7) is 3.40. The molecule has 4 rings (SSSR count). The molecule has 7 nitrogen and oxygen atoms in total. The van der Waals surface area contributed by atoms with E-state index in [4.69, 9.17) is 0 Å². The molecule has 0 spiro atoms. The van der Waals surface area contributed by atoms with Crippen LogP contribution in [0, 0.1) is 0 Å². The van der Waals surface area contributed by atoms with E-state index in [1.54, 1.807) is 18.2 Å². The SMILES string of the molecule is CC(C)S(=O)(=O)c1nc(C(=O)N2CCc3c(cccc3C(F)c3ccc(C(F)(F)F)cn3)C2)c[nH]1. The monoisotopic (exact) mass is 510 g/mol. The molecule has 0 bridgehead atoms. The largest absolute Gasteiger partial charge is 0.417 e. The summed E-state index contributed by atoms with van der Waals surface area (Å²) in [5, 5.41) is -0.982. The minimum absolute atomic E-state index is 0.0406. The average molecular weight is 511 g/mol. The van der Waals surface area contributed by atoms with E-state index in [0.29, 0.717) is 23.7 Å². The van der Waals surface area contributed by atoms with Gasteiger partial charge in [-0.15, -0.1) is 0 Å². The highest BCUT2D eigenvalue weighted by Gasteiger charge is 2.32. The van der Waals surface area contributed by atoms with Crippen LogP contribution in [0.2, 0.25) is 0 Å². The summed E-state index contributed by atoms with van der Waals surface area (Å²) in [5.74, 6) is -0.469. The number of amides is 1. The number of imidazole rings is 1. The number of carbonyl (C=O) groups excluding carboxylic acids is 1. The van der Waals surface area contributed by atoms with Gasteiger partial charge in [0.05, 0.1) is 16.5 Å². The zero-order valence-corrected chi connectivity index (χ0v) is 19.6. The van der Waals surface area contributed by atoms with Crippen LogP contribution in [0.3, 0.4) is 0 Å². The Labute approximate surface area is 199 Å². The van der Waals surface area contributed by atoms with Crippen molar-refractivity contribution >= 4 is 15.7 Å². The fourth-order valence-electron chi connectivity index (χ4n) is 3.88. The molecule has 3 heterocycles. The first-order chi connectivity index (χ1) is 16.4. The van der Waals surface area contributed by atoms with Crippen molar-refractivity contribution in [3.05, 3.63) is 76.4 Å². The Morgan fingerprint density at radius 2 is 1.91 bits per heavy atom. The van der Waals surface area contributed by atoms with Crippen LogP contribution in [-0.2, 0) is 29.0 Å². The van der Waals surface area contributed by atoms with Gasteiger partial charge in [-0.2, -0.15) is 13.2 Å². The van der Waals surface area contributed by atoms with E-state index in [0.717, 1.165) is 12.1 Å². The van der Waals surface area contributed by atoms with Gasteiger partial charge >= 0.3 is 6.18 Å². The molecule has 0 fully saturated rings. The maximum atomic E-state index is 15.3. The van der Waals surface area contributed by atoms with E-state index in [2.05, 4.69) is 15.0 Å². The number of rotatable bonds is 5. The van der Waals surface area contributed by atoms with Crippen molar-refractivity contribution in [3.63, 3.8) is 0 Å². The molecule has 186 valence electrons. The third-order valence-electron chi connectivity index (χ3n) is 5.90. The van der Waals surface area contributed by atoms with Crippen molar-refractivity contribution < 1.29 is 30.8 Å². The van der Waals surface area contributed by atoms with Gasteiger partial charge < -0.3 is 9.88 Å². The van der Waals surface area contributed by atoms with Crippen LogP contribution in [-0.4, -0.2) is 46.0 Å². The number of sulfone groups is 1. The molecular weight excluding hydrogens is 488 g/mol. The van der Waals surface area contributed by atoms with Gasteiger partial charge in [0.15, 0.2) is 6.17 Å². The number of nitrogens with one attached hydrogen (secondary N) is 1. The van der Waals surface area contributed by atoms with Crippen LogP contribution in [0.4, 0.5) is 17.6 Å². The second kappa shape index (κ2) is 9.06. The number of H-pyrrole nitrogens is 1. The van der Waals surface area contributed by atoms with E-state index < -0.39 is 38.9 Å². The van der Waals surface area contributed by atoms with E-state index in [-0.39, 0.29) is 35.2 Å². The van der Waals surface area contributed by atoms with Gasteiger partial charge in [0, 0.05) is 25.5 Å². The number of halogens is 4. The minimum Gasteiger partial charge on any atom is -0.335 e. The van der Waals surface area contributed by atoms with E-state index >= 15 is 4.39 Å². The number of alkyl halides is 4. The van der Waals surface area contributed by atoms with Gasteiger partial charge in [-0.3, -0.25) is 9.78 Å².